The van der Waals surface area contributed by atoms with Crippen molar-refractivity contribution in [3.05, 3.63) is 35.5 Å². The van der Waals surface area contributed by atoms with Crippen LogP contribution in [0.4, 0.5) is 5.82 Å². The second-order valence-corrected chi connectivity index (χ2v) is 5.86. The molecule has 0 aliphatic carbocycles. The SMILES string of the molecule is CC(C)(C)C1=CCN(c2cc(CO)ccn2)CC1. The minimum atomic E-state index is 0.0758. The van der Waals surface area contributed by atoms with E-state index in [9.17, 15) is 0 Å². The average Bonchev–Trinajstić information content (AvgIpc) is 2.38. The van der Waals surface area contributed by atoms with Gasteiger partial charge in [-0.3, -0.25) is 0 Å². The number of hydrogen-bond donors (Lipinski definition) is 1. The number of hydrogen-bond acceptors (Lipinski definition) is 3. The van der Waals surface area contributed by atoms with Gasteiger partial charge in [0.25, 0.3) is 0 Å². The number of pyridine rings is 1. The van der Waals surface area contributed by atoms with E-state index in [0.29, 0.717) is 0 Å². The Hall–Kier alpha value is -1.35. The monoisotopic (exact) mass is 246 g/mol. The highest BCUT2D eigenvalue weighted by Gasteiger charge is 2.21. The number of nitrogens with zero attached hydrogens (tertiary/aromatic N) is 2. The molecule has 0 spiro atoms. The first kappa shape index (κ1) is 13.1. The topological polar surface area (TPSA) is 36.4 Å². The number of anilines is 1. The lowest BCUT2D eigenvalue weighted by molar-refractivity contribution is 0.281. The quantitative estimate of drug-likeness (QED) is 0.815. The summed E-state index contributed by atoms with van der Waals surface area (Å²) < 4.78 is 0. The van der Waals surface area contributed by atoms with E-state index in [4.69, 9.17) is 5.11 Å². The van der Waals surface area contributed by atoms with Gasteiger partial charge in [-0.25, -0.2) is 4.98 Å². The van der Waals surface area contributed by atoms with E-state index in [1.807, 2.05) is 12.1 Å². The summed E-state index contributed by atoms with van der Waals surface area (Å²) in [5, 5.41) is 9.15. The van der Waals surface area contributed by atoms with E-state index in [1.54, 1.807) is 6.20 Å². The summed E-state index contributed by atoms with van der Waals surface area (Å²) in [5.74, 6) is 0.964. The van der Waals surface area contributed by atoms with E-state index in [0.717, 1.165) is 30.9 Å². The molecular weight excluding hydrogens is 224 g/mol. The van der Waals surface area contributed by atoms with Crippen LogP contribution in [-0.2, 0) is 6.61 Å². The van der Waals surface area contributed by atoms with E-state index in [-0.39, 0.29) is 12.0 Å². The molecule has 18 heavy (non-hydrogen) atoms. The third kappa shape index (κ3) is 2.91. The predicted octanol–water partition coefficient (Wildman–Crippen LogP) is 2.76. The maximum atomic E-state index is 9.15. The fourth-order valence-electron chi connectivity index (χ4n) is 2.29. The van der Waals surface area contributed by atoms with Gasteiger partial charge < -0.3 is 10.0 Å². The summed E-state index contributed by atoms with van der Waals surface area (Å²) in [4.78, 5) is 6.64. The third-order valence-electron chi connectivity index (χ3n) is 3.49. The van der Waals surface area contributed by atoms with E-state index >= 15 is 0 Å². The lowest BCUT2D eigenvalue weighted by atomic mass is 9.83. The number of rotatable bonds is 2. The van der Waals surface area contributed by atoms with Gasteiger partial charge in [0.2, 0.25) is 0 Å². The van der Waals surface area contributed by atoms with E-state index in [1.165, 1.54) is 5.57 Å². The molecule has 1 aliphatic heterocycles. The molecule has 1 aromatic heterocycles. The Morgan fingerprint density at radius 1 is 1.39 bits per heavy atom. The van der Waals surface area contributed by atoms with Crippen molar-refractivity contribution in [2.24, 2.45) is 5.41 Å². The first-order valence-corrected chi connectivity index (χ1v) is 6.51. The van der Waals surface area contributed by atoms with Crippen molar-refractivity contribution >= 4 is 5.82 Å². The van der Waals surface area contributed by atoms with E-state index in [2.05, 4.69) is 36.7 Å². The van der Waals surface area contributed by atoms with Crippen LogP contribution < -0.4 is 4.90 Å². The zero-order valence-electron chi connectivity index (χ0n) is 11.5. The molecule has 0 atom stereocenters. The summed E-state index contributed by atoms with van der Waals surface area (Å²) in [6, 6.07) is 3.82. The highest BCUT2D eigenvalue weighted by Crippen LogP contribution is 2.31. The maximum absolute atomic E-state index is 9.15. The minimum absolute atomic E-state index is 0.0758. The predicted molar refractivity (Wildman–Crippen MR) is 74.5 cm³/mol. The molecule has 0 aromatic carbocycles. The third-order valence-corrected chi connectivity index (χ3v) is 3.49. The molecule has 1 aliphatic rings. The van der Waals surface area contributed by atoms with Crippen LogP contribution in [0.25, 0.3) is 0 Å². The molecule has 3 nitrogen and oxygen atoms in total. The van der Waals surface area contributed by atoms with Gasteiger partial charge in [-0.15, -0.1) is 0 Å². The Kier molecular flexibility index (Phi) is 3.71. The molecule has 98 valence electrons. The molecular formula is C15H22N2O. The minimum Gasteiger partial charge on any atom is -0.392 e. The lowest BCUT2D eigenvalue weighted by Crippen LogP contribution is -2.31. The van der Waals surface area contributed by atoms with Crippen LogP contribution in [0.5, 0.6) is 0 Å². The second-order valence-electron chi connectivity index (χ2n) is 5.86. The van der Waals surface area contributed by atoms with Gasteiger partial charge in [0.1, 0.15) is 5.82 Å². The Morgan fingerprint density at radius 2 is 2.17 bits per heavy atom. The van der Waals surface area contributed by atoms with Crippen molar-refractivity contribution in [3.63, 3.8) is 0 Å². The molecule has 1 aromatic rings. The summed E-state index contributed by atoms with van der Waals surface area (Å²) in [6.07, 6.45) is 5.18. The molecule has 3 heteroatoms. The molecule has 0 unspecified atom stereocenters. The molecule has 2 rings (SSSR count). The molecule has 0 saturated heterocycles. The Bertz CT molecular complexity index is 446. The Labute approximate surface area is 109 Å². The largest absolute Gasteiger partial charge is 0.392 e. The Morgan fingerprint density at radius 3 is 2.72 bits per heavy atom. The number of aliphatic hydroxyl groups excluding tert-OH is 1. The van der Waals surface area contributed by atoms with Gasteiger partial charge in [0.15, 0.2) is 0 Å². The fourth-order valence-corrected chi connectivity index (χ4v) is 2.29. The van der Waals surface area contributed by atoms with Crippen LogP contribution in [0, 0.1) is 5.41 Å². The van der Waals surface area contributed by atoms with Crippen molar-refractivity contribution < 1.29 is 5.11 Å². The first-order valence-electron chi connectivity index (χ1n) is 6.51. The van der Waals surface area contributed by atoms with Crippen molar-refractivity contribution in [1.29, 1.82) is 0 Å². The van der Waals surface area contributed by atoms with Crippen molar-refractivity contribution in [1.82, 2.24) is 4.98 Å². The van der Waals surface area contributed by atoms with Crippen LogP contribution in [0.15, 0.2) is 30.0 Å². The summed E-state index contributed by atoms with van der Waals surface area (Å²) >= 11 is 0. The standard InChI is InChI=1S/C15H22N2O/c1-15(2,3)13-5-8-17(9-6-13)14-10-12(11-18)4-7-16-14/h4-5,7,10,18H,6,8-9,11H2,1-3H3. The van der Waals surface area contributed by atoms with Crippen molar-refractivity contribution in [2.45, 2.75) is 33.8 Å². The van der Waals surface area contributed by atoms with Crippen LogP contribution in [-0.4, -0.2) is 23.2 Å². The average molecular weight is 246 g/mol. The van der Waals surface area contributed by atoms with Gasteiger partial charge in [0.05, 0.1) is 6.61 Å². The molecule has 1 N–H and O–H groups in total. The highest BCUT2D eigenvalue weighted by atomic mass is 16.3. The zero-order chi connectivity index (χ0) is 13.2. The fraction of sp³-hybridized carbons (Fsp3) is 0.533. The number of aliphatic hydroxyl groups is 1. The van der Waals surface area contributed by atoms with Crippen LogP contribution in [0.3, 0.4) is 0 Å². The van der Waals surface area contributed by atoms with Crippen LogP contribution in [0.2, 0.25) is 0 Å². The van der Waals surface area contributed by atoms with E-state index < -0.39 is 0 Å². The van der Waals surface area contributed by atoms with Gasteiger partial charge in [-0.2, -0.15) is 0 Å². The maximum Gasteiger partial charge on any atom is 0.129 e. The van der Waals surface area contributed by atoms with Crippen LogP contribution in [0.1, 0.15) is 32.8 Å². The Balaban J connectivity index is 2.11. The van der Waals surface area contributed by atoms with Gasteiger partial charge in [0, 0.05) is 19.3 Å². The van der Waals surface area contributed by atoms with Crippen molar-refractivity contribution in [2.75, 3.05) is 18.0 Å². The van der Waals surface area contributed by atoms with Crippen molar-refractivity contribution in [3.8, 4) is 0 Å². The normalized spacial score (nSPS) is 16.7. The lowest BCUT2D eigenvalue weighted by Gasteiger charge is -2.32. The molecule has 0 radical (unpaired) electrons. The number of aromatic nitrogens is 1. The zero-order valence-corrected chi connectivity index (χ0v) is 11.5. The van der Waals surface area contributed by atoms with Crippen LogP contribution >= 0.6 is 0 Å². The first-order chi connectivity index (χ1) is 8.50. The molecule has 0 fully saturated rings. The molecule has 0 amide bonds. The smallest absolute Gasteiger partial charge is 0.129 e. The van der Waals surface area contributed by atoms with Gasteiger partial charge >= 0.3 is 0 Å². The second kappa shape index (κ2) is 5.11. The summed E-state index contributed by atoms with van der Waals surface area (Å²) in [5.41, 5.74) is 2.72. The van der Waals surface area contributed by atoms with Gasteiger partial charge in [-0.1, -0.05) is 32.4 Å². The highest BCUT2D eigenvalue weighted by molar-refractivity contribution is 5.43. The van der Waals surface area contributed by atoms with Gasteiger partial charge in [-0.05, 0) is 29.5 Å². The molecule has 2 heterocycles. The summed E-state index contributed by atoms with van der Waals surface area (Å²) in [6.45, 7) is 8.78. The summed E-state index contributed by atoms with van der Waals surface area (Å²) in [7, 11) is 0. The molecule has 0 saturated carbocycles. The molecule has 0 bridgehead atoms.